The number of halogens is 1. The Morgan fingerprint density at radius 3 is 2.41 bits per heavy atom. The molecular weight excluding hydrogens is 372 g/mol. The normalized spacial score (nSPS) is 10.2. The quantitative estimate of drug-likeness (QED) is 0.526. The molecule has 0 saturated heterocycles. The van der Waals surface area contributed by atoms with Gasteiger partial charge in [-0.25, -0.2) is 4.79 Å². The van der Waals surface area contributed by atoms with Gasteiger partial charge in [-0.15, -0.1) is 0 Å². The average molecular weight is 393 g/mol. The molecule has 0 aromatic heterocycles. The fourth-order valence-corrected chi connectivity index (χ4v) is 2.43. The van der Waals surface area contributed by atoms with E-state index >= 15 is 0 Å². The third-order valence-corrected chi connectivity index (χ3v) is 3.63. The van der Waals surface area contributed by atoms with E-state index in [1.807, 2.05) is 13.8 Å². The standard InChI is InChI=1S/C19H21ClN2O5/c1-3-25-16-8-6-13(10-17(16)26-4-2)22-18(23)11-27-19(24)14-7-5-12(20)9-15(14)21/h5-10H,3-4,11,21H2,1-2H3,(H,22,23). The molecule has 8 heteroatoms. The van der Waals surface area contributed by atoms with Crippen molar-refractivity contribution in [1.29, 1.82) is 0 Å². The lowest BCUT2D eigenvalue weighted by Crippen LogP contribution is -2.21. The number of hydrogen-bond acceptors (Lipinski definition) is 6. The summed E-state index contributed by atoms with van der Waals surface area (Å²) < 4.78 is 16.0. The second-order valence-corrected chi connectivity index (χ2v) is 5.82. The van der Waals surface area contributed by atoms with Gasteiger partial charge in [0.15, 0.2) is 18.1 Å². The first-order valence-corrected chi connectivity index (χ1v) is 8.74. The molecule has 27 heavy (non-hydrogen) atoms. The summed E-state index contributed by atoms with van der Waals surface area (Å²) in [5.41, 5.74) is 6.55. The zero-order valence-electron chi connectivity index (χ0n) is 15.1. The lowest BCUT2D eigenvalue weighted by atomic mass is 10.2. The van der Waals surface area contributed by atoms with E-state index in [0.29, 0.717) is 35.4 Å². The third-order valence-electron chi connectivity index (χ3n) is 3.40. The van der Waals surface area contributed by atoms with Gasteiger partial charge in [0.05, 0.1) is 18.8 Å². The Bertz CT molecular complexity index is 826. The SMILES string of the molecule is CCOc1ccc(NC(=O)COC(=O)c2ccc(Cl)cc2N)cc1OCC. The molecule has 0 aliphatic rings. The van der Waals surface area contributed by atoms with Crippen molar-refractivity contribution in [3.05, 3.63) is 47.0 Å². The lowest BCUT2D eigenvalue weighted by molar-refractivity contribution is -0.119. The van der Waals surface area contributed by atoms with Crippen LogP contribution in [0.5, 0.6) is 11.5 Å². The van der Waals surface area contributed by atoms with Crippen molar-refractivity contribution in [1.82, 2.24) is 0 Å². The molecule has 3 N–H and O–H groups in total. The molecule has 0 radical (unpaired) electrons. The van der Waals surface area contributed by atoms with E-state index in [-0.39, 0.29) is 11.3 Å². The number of nitrogens with two attached hydrogens (primary N) is 1. The first-order valence-electron chi connectivity index (χ1n) is 8.36. The number of hydrogen-bond donors (Lipinski definition) is 2. The Kier molecular flexibility index (Phi) is 7.31. The van der Waals surface area contributed by atoms with Crippen LogP contribution in [0.4, 0.5) is 11.4 Å². The van der Waals surface area contributed by atoms with Crippen LogP contribution in [0.15, 0.2) is 36.4 Å². The van der Waals surface area contributed by atoms with Gasteiger partial charge in [0.1, 0.15) is 0 Å². The van der Waals surface area contributed by atoms with Gasteiger partial charge in [0.2, 0.25) is 0 Å². The van der Waals surface area contributed by atoms with E-state index in [1.54, 1.807) is 18.2 Å². The van der Waals surface area contributed by atoms with E-state index in [0.717, 1.165) is 0 Å². The molecule has 2 aromatic carbocycles. The number of benzene rings is 2. The number of amides is 1. The molecule has 0 fully saturated rings. The molecule has 0 aliphatic carbocycles. The number of rotatable bonds is 8. The minimum absolute atomic E-state index is 0.145. The van der Waals surface area contributed by atoms with Crippen molar-refractivity contribution >= 4 is 34.9 Å². The predicted molar refractivity (Wildman–Crippen MR) is 104 cm³/mol. The maximum absolute atomic E-state index is 12.1. The Morgan fingerprint density at radius 1 is 1.04 bits per heavy atom. The van der Waals surface area contributed by atoms with Crippen LogP contribution in [0.25, 0.3) is 0 Å². The zero-order valence-corrected chi connectivity index (χ0v) is 15.8. The van der Waals surface area contributed by atoms with Crippen molar-refractivity contribution in [2.24, 2.45) is 0 Å². The summed E-state index contributed by atoms with van der Waals surface area (Å²) >= 11 is 5.79. The molecule has 0 unspecified atom stereocenters. The molecule has 2 rings (SSSR count). The number of esters is 1. The smallest absolute Gasteiger partial charge is 0.340 e. The van der Waals surface area contributed by atoms with Crippen molar-refractivity contribution in [3.63, 3.8) is 0 Å². The summed E-state index contributed by atoms with van der Waals surface area (Å²) in [6.07, 6.45) is 0. The Hall–Kier alpha value is -2.93. The van der Waals surface area contributed by atoms with Gasteiger partial charge in [-0.3, -0.25) is 4.79 Å². The van der Waals surface area contributed by atoms with Gasteiger partial charge in [-0.05, 0) is 44.2 Å². The van der Waals surface area contributed by atoms with E-state index in [9.17, 15) is 9.59 Å². The maximum atomic E-state index is 12.1. The molecule has 7 nitrogen and oxygen atoms in total. The number of ether oxygens (including phenoxy) is 3. The van der Waals surface area contributed by atoms with Gasteiger partial charge in [0, 0.05) is 22.5 Å². The molecule has 0 saturated carbocycles. The Balaban J connectivity index is 1.97. The van der Waals surface area contributed by atoms with E-state index in [2.05, 4.69) is 5.32 Å². The van der Waals surface area contributed by atoms with Crippen LogP contribution in [0, 0.1) is 0 Å². The molecule has 0 bridgehead atoms. The predicted octanol–water partition coefficient (Wildman–Crippen LogP) is 3.52. The summed E-state index contributed by atoms with van der Waals surface area (Å²) in [6.45, 7) is 4.21. The molecule has 0 atom stereocenters. The lowest BCUT2D eigenvalue weighted by Gasteiger charge is -2.13. The molecule has 144 valence electrons. The van der Waals surface area contributed by atoms with Crippen LogP contribution in [0.3, 0.4) is 0 Å². The number of anilines is 2. The third kappa shape index (κ3) is 5.79. The van der Waals surface area contributed by atoms with Gasteiger partial charge >= 0.3 is 5.97 Å². The van der Waals surface area contributed by atoms with Gasteiger partial charge in [-0.2, -0.15) is 0 Å². The molecule has 0 aliphatic heterocycles. The largest absolute Gasteiger partial charge is 0.490 e. The second-order valence-electron chi connectivity index (χ2n) is 5.38. The highest BCUT2D eigenvalue weighted by Crippen LogP contribution is 2.30. The van der Waals surface area contributed by atoms with E-state index in [1.165, 1.54) is 18.2 Å². The molecule has 0 spiro atoms. The van der Waals surface area contributed by atoms with Gasteiger partial charge < -0.3 is 25.3 Å². The van der Waals surface area contributed by atoms with E-state index in [4.69, 9.17) is 31.5 Å². The first kappa shape index (κ1) is 20.4. The van der Waals surface area contributed by atoms with Crippen LogP contribution in [-0.4, -0.2) is 31.7 Å². The van der Waals surface area contributed by atoms with Gasteiger partial charge in [0.25, 0.3) is 5.91 Å². The van der Waals surface area contributed by atoms with E-state index < -0.39 is 18.5 Å². The van der Waals surface area contributed by atoms with Crippen LogP contribution in [0.1, 0.15) is 24.2 Å². The van der Waals surface area contributed by atoms with Crippen molar-refractivity contribution < 1.29 is 23.8 Å². The highest BCUT2D eigenvalue weighted by atomic mass is 35.5. The fourth-order valence-electron chi connectivity index (χ4n) is 2.25. The van der Waals surface area contributed by atoms with Crippen LogP contribution in [0.2, 0.25) is 5.02 Å². The van der Waals surface area contributed by atoms with Crippen molar-refractivity contribution in [2.45, 2.75) is 13.8 Å². The summed E-state index contributed by atoms with van der Waals surface area (Å²) in [7, 11) is 0. The number of carbonyl (C=O) groups is 2. The summed E-state index contributed by atoms with van der Waals surface area (Å²) in [6, 6.07) is 9.41. The highest BCUT2D eigenvalue weighted by molar-refractivity contribution is 6.31. The highest BCUT2D eigenvalue weighted by Gasteiger charge is 2.14. The number of carbonyl (C=O) groups excluding carboxylic acids is 2. The molecule has 0 heterocycles. The zero-order chi connectivity index (χ0) is 19.8. The van der Waals surface area contributed by atoms with Crippen molar-refractivity contribution in [2.75, 3.05) is 30.9 Å². The molecule has 2 aromatic rings. The molecular formula is C19H21ClN2O5. The number of nitrogen functional groups attached to an aromatic ring is 1. The monoisotopic (exact) mass is 392 g/mol. The summed E-state index contributed by atoms with van der Waals surface area (Å²) in [5.74, 6) is -0.103. The average Bonchev–Trinajstić information content (AvgIpc) is 2.62. The molecule has 1 amide bonds. The second kappa shape index (κ2) is 9.68. The van der Waals surface area contributed by atoms with Crippen molar-refractivity contribution in [3.8, 4) is 11.5 Å². The number of nitrogens with one attached hydrogen (secondary N) is 1. The van der Waals surface area contributed by atoms with Crippen LogP contribution >= 0.6 is 11.6 Å². The Morgan fingerprint density at radius 2 is 1.74 bits per heavy atom. The van der Waals surface area contributed by atoms with Crippen LogP contribution in [-0.2, 0) is 9.53 Å². The Labute approximate surface area is 162 Å². The summed E-state index contributed by atoms with van der Waals surface area (Å²) in [4.78, 5) is 24.1. The summed E-state index contributed by atoms with van der Waals surface area (Å²) in [5, 5.41) is 3.04. The minimum atomic E-state index is -0.707. The maximum Gasteiger partial charge on any atom is 0.340 e. The minimum Gasteiger partial charge on any atom is -0.490 e. The first-order chi connectivity index (χ1) is 12.9. The topological polar surface area (TPSA) is 99.9 Å². The fraction of sp³-hybridized carbons (Fsp3) is 0.263. The van der Waals surface area contributed by atoms with Crippen LogP contribution < -0.4 is 20.5 Å². The van der Waals surface area contributed by atoms with Gasteiger partial charge in [-0.1, -0.05) is 11.6 Å².